The average molecular weight is 296 g/mol. The van der Waals surface area contributed by atoms with Crippen molar-refractivity contribution in [1.29, 1.82) is 0 Å². The zero-order chi connectivity index (χ0) is 13.6. The van der Waals surface area contributed by atoms with E-state index in [-0.39, 0.29) is 5.02 Å². The average Bonchev–Trinajstić information content (AvgIpc) is 2.68. The summed E-state index contributed by atoms with van der Waals surface area (Å²) in [5, 5.41) is 0.433. The van der Waals surface area contributed by atoms with E-state index in [0.29, 0.717) is 16.5 Å². The second kappa shape index (κ2) is 4.47. The van der Waals surface area contributed by atoms with Gasteiger partial charge in [-0.3, -0.25) is 4.57 Å². The molecule has 0 bridgehead atoms. The molecule has 0 fully saturated rings. The summed E-state index contributed by atoms with van der Waals surface area (Å²) in [6.07, 6.45) is 0. The summed E-state index contributed by atoms with van der Waals surface area (Å²) in [5.74, 6) is 0.269. The van der Waals surface area contributed by atoms with Crippen molar-refractivity contribution in [3.8, 4) is 5.69 Å². The SMILES string of the molecule is Cc1nc2ccc(Cl)nc2n1-c1ccc(F)c(Cl)c1. The molecule has 3 aromatic rings. The molecule has 3 rings (SSSR count). The fourth-order valence-corrected chi connectivity index (χ4v) is 2.30. The van der Waals surface area contributed by atoms with Crippen LogP contribution in [0.2, 0.25) is 10.2 Å². The predicted molar refractivity (Wildman–Crippen MR) is 73.6 cm³/mol. The molecular formula is C13H8Cl2FN3. The number of hydrogen-bond acceptors (Lipinski definition) is 2. The lowest BCUT2D eigenvalue weighted by atomic mass is 10.3. The topological polar surface area (TPSA) is 30.7 Å². The molecule has 0 radical (unpaired) electrons. The van der Waals surface area contributed by atoms with Gasteiger partial charge in [-0.15, -0.1) is 0 Å². The van der Waals surface area contributed by atoms with Crippen LogP contribution in [0.25, 0.3) is 16.9 Å². The van der Waals surface area contributed by atoms with Crippen LogP contribution in [0.3, 0.4) is 0 Å². The number of pyridine rings is 1. The first-order chi connectivity index (χ1) is 9.06. The Balaban J connectivity index is 2.31. The van der Waals surface area contributed by atoms with Crippen LogP contribution in [0.5, 0.6) is 0 Å². The fourth-order valence-electron chi connectivity index (χ4n) is 1.98. The third-order valence-corrected chi connectivity index (χ3v) is 3.30. The molecule has 0 aliphatic heterocycles. The largest absolute Gasteiger partial charge is 0.281 e. The quantitative estimate of drug-likeness (QED) is 0.631. The summed E-state index contributed by atoms with van der Waals surface area (Å²) < 4.78 is 15.0. The maximum atomic E-state index is 13.2. The van der Waals surface area contributed by atoms with Crippen molar-refractivity contribution in [2.45, 2.75) is 6.92 Å². The molecule has 0 aliphatic carbocycles. The summed E-state index contributed by atoms with van der Waals surface area (Å²) >= 11 is 11.7. The van der Waals surface area contributed by atoms with E-state index in [1.165, 1.54) is 12.1 Å². The summed E-state index contributed by atoms with van der Waals surface area (Å²) in [6, 6.07) is 7.94. The summed E-state index contributed by atoms with van der Waals surface area (Å²) in [7, 11) is 0. The number of benzene rings is 1. The van der Waals surface area contributed by atoms with Crippen LogP contribution in [0.15, 0.2) is 30.3 Å². The second-order valence-corrected chi connectivity index (χ2v) is 4.86. The van der Waals surface area contributed by atoms with Crippen molar-refractivity contribution >= 4 is 34.4 Å². The van der Waals surface area contributed by atoms with E-state index < -0.39 is 5.82 Å². The molecule has 19 heavy (non-hydrogen) atoms. The Hall–Kier alpha value is -1.65. The van der Waals surface area contributed by atoms with Gasteiger partial charge in [0.15, 0.2) is 5.65 Å². The van der Waals surface area contributed by atoms with Gasteiger partial charge >= 0.3 is 0 Å². The number of aryl methyl sites for hydroxylation is 1. The smallest absolute Gasteiger partial charge is 0.166 e. The molecule has 2 aromatic heterocycles. The highest BCUT2D eigenvalue weighted by atomic mass is 35.5. The lowest BCUT2D eigenvalue weighted by Gasteiger charge is -2.07. The molecule has 0 amide bonds. The Morgan fingerprint density at radius 1 is 1.11 bits per heavy atom. The molecule has 0 spiro atoms. The van der Waals surface area contributed by atoms with E-state index in [0.717, 1.165) is 11.3 Å². The zero-order valence-electron chi connectivity index (χ0n) is 9.86. The second-order valence-electron chi connectivity index (χ2n) is 4.07. The fraction of sp³-hybridized carbons (Fsp3) is 0.0769. The van der Waals surface area contributed by atoms with Gasteiger partial charge in [-0.05, 0) is 37.3 Å². The van der Waals surface area contributed by atoms with Crippen LogP contribution in [-0.4, -0.2) is 14.5 Å². The third-order valence-electron chi connectivity index (χ3n) is 2.80. The first kappa shape index (κ1) is 12.4. The third kappa shape index (κ3) is 2.07. The number of halogens is 3. The number of rotatable bonds is 1. The lowest BCUT2D eigenvalue weighted by Crippen LogP contribution is -1.98. The highest BCUT2D eigenvalue weighted by Gasteiger charge is 2.12. The molecule has 0 atom stereocenters. The van der Waals surface area contributed by atoms with Crippen LogP contribution in [0.4, 0.5) is 4.39 Å². The number of nitrogens with zero attached hydrogens (tertiary/aromatic N) is 3. The van der Waals surface area contributed by atoms with E-state index in [1.807, 2.05) is 6.92 Å². The van der Waals surface area contributed by atoms with Crippen molar-refractivity contribution in [2.75, 3.05) is 0 Å². The summed E-state index contributed by atoms with van der Waals surface area (Å²) in [5.41, 5.74) is 2.04. The van der Waals surface area contributed by atoms with E-state index in [1.54, 1.807) is 22.8 Å². The van der Waals surface area contributed by atoms with Crippen molar-refractivity contribution in [1.82, 2.24) is 14.5 Å². The van der Waals surface area contributed by atoms with E-state index in [4.69, 9.17) is 23.2 Å². The molecular weight excluding hydrogens is 288 g/mol. The Kier molecular flexibility index (Phi) is 2.92. The molecule has 0 aliphatic rings. The Morgan fingerprint density at radius 3 is 2.63 bits per heavy atom. The molecule has 0 saturated carbocycles. The highest BCUT2D eigenvalue weighted by molar-refractivity contribution is 6.31. The number of aromatic nitrogens is 3. The van der Waals surface area contributed by atoms with Gasteiger partial charge in [0.05, 0.1) is 10.7 Å². The molecule has 0 N–H and O–H groups in total. The minimum absolute atomic E-state index is 0.0563. The monoisotopic (exact) mass is 295 g/mol. The molecule has 0 saturated heterocycles. The maximum absolute atomic E-state index is 13.2. The molecule has 96 valence electrons. The zero-order valence-corrected chi connectivity index (χ0v) is 11.4. The summed E-state index contributed by atoms with van der Waals surface area (Å²) in [4.78, 5) is 8.64. The molecule has 3 nitrogen and oxygen atoms in total. The Morgan fingerprint density at radius 2 is 1.89 bits per heavy atom. The lowest BCUT2D eigenvalue weighted by molar-refractivity contribution is 0.628. The molecule has 6 heteroatoms. The maximum Gasteiger partial charge on any atom is 0.166 e. The Bertz CT molecular complexity index is 783. The number of imidazole rings is 1. The van der Waals surface area contributed by atoms with Crippen molar-refractivity contribution in [3.63, 3.8) is 0 Å². The molecule has 2 heterocycles. The van der Waals surface area contributed by atoms with Gasteiger partial charge in [0.25, 0.3) is 0 Å². The Labute approximate surface area is 118 Å². The normalized spacial score (nSPS) is 11.2. The number of fused-ring (bicyclic) bond motifs is 1. The van der Waals surface area contributed by atoms with Gasteiger partial charge in [-0.1, -0.05) is 23.2 Å². The van der Waals surface area contributed by atoms with E-state index in [2.05, 4.69) is 9.97 Å². The summed E-state index contributed by atoms with van der Waals surface area (Å²) in [6.45, 7) is 1.84. The van der Waals surface area contributed by atoms with Crippen molar-refractivity contribution < 1.29 is 4.39 Å². The number of hydrogen-bond donors (Lipinski definition) is 0. The van der Waals surface area contributed by atoms with E-state index >= 15 is 0 Å². The first-order valence-corrected chi connectivity index (χ1v) is 6.29. The van der Waals surface area contributed by atoms with Crippen LogP contribution in [0.1, 0.15) is 5.82 Å². The van der Waals surface area contributed by atoms with Gasteiger partial charge in [0, 0.05) is 0 Å². The van der Waals surface area contributed by atoms with Crippen molar-refractivity contribution in [3.05, 3.63) is 52.1 Å². The van der Waals surface area contributed by atoms with Gasteiger partial charge in [0.2, 0.25) is 0 Å². The van der Waals surface area contributed by atoms with E-state index in [9.17, 15) is 4.39 Å². The predicted octanol–water partition coefficient (Wildman–Crippen LogP) is 4.17. The van der Waals surface area contributed by atoms with Gasteiger partial charge < -0.3 is 0 Å². The minimum atomic E-state index is -0.460. The highest BCUT2D eigenvalue weighted by Crippen LogP contribution is 2.24. The van der Waals surface area contributed by atoms with Crippen molar-refractivity contribution in [2.24, 2.45) is 0 Å². The standard InChI is InChI=1S/C13H8Cl2FN3/c1-7-17-11-4-5-12(15)18-13(11)19(7)8-2-3-10(16)9(14)6-8/h2-6H,1H3. The van der Waals surface area contributed by atoms with Gasteiger partial charge in [-0.25, -0.2) is 14.4 Å². The van der Waals surface area contributed by atoms with Gasteiger partial charge in [0.1, 0.15) is 22.3 Å². The van der Waals surface area contributed by atoms with Crippen LogP contribution in [0, 0.1) is 12.7 Å². The first-order valence-electron chi connectivity index (χ1n) is 5.53. The molecule has 0 unspecified atom stereocenters. The van der Waals surface area contributed by atoms with Gasteiger partial charge in [-0.2, -0.15) is 0 Å². The minimum Gasteiger partial charge on any atom is -0.281 e. The molecule has 1 aromatic carbocycles. The van der Waals surface area contributed by atoms with Crippen LogP contribution < -0.4 is 0 Å². The van der Waals surface area contributed by atoms with Crippen LogP contribution >= 0.6 is 23.2 Å². The van der Waals surface area contributed by atoms with Crippen LogP contribution in [-0.2, 0) is 0 Å².